The summed E-state index contributed by atoms with van der Waals surface area (Å²) in [4.78, 5) is 7.99. The highest BCUT2D eigenvalue weighted by Crippen LogP contribution is 2.31. The number of nitrogens with zero attached hydrogens (tertiary/aromatic N) is 2. The van der Waals surface area contributed by atoms with Crippen molar-refractivity contribution < 1.29 is 4.39 Å². The predicted octanol–water partition coefficient (Wildman–Crippen LogP) is 8.29. The summed E-state index contributed by atoms with van der Waals surface area (Å²) in [5.41, 5.74) is 8.56. The normalized spacial score (nSPS) is 15.6. The van der Waals surface area contributed by atoms with Crippen LogP contribution in [0.2, 0.25) is 0 Å². The van der Waals surface area contributed by atoms with Crippen molar-refractivity contribution >= 4 is 23.2 Å². The maximum Gasteiger partial charge on any atom is 0.138 e. The summed E-state index contributed by atoms with van der Waals surface area (Å²) in [6, 6.07) is 9.01. The van der Waals surface area contributed by atoms with Crippen molar-refractivity contribution in [3.05, 3.63) is 119 Å². The highest BCUT2D eigenvalue weighted by Gasteiger charge is 2.16. The molecule has 3 heterocycles. The zero-order valence-corrected chi connectivity index (χ0v) is 26.1. The van der Waals surface area contributed by atoms with Gasteiger partial charge in [-0.25, -0.2) is 9.37 Å². The van der Waals surface area contributed by atoms with E-state index >= 15 is 0 Å². The van der Waals surface area contributed by atoms with E-state index < -0.39 is 0 Å². The Morgan fingerprint density at radius 1 is 1.11 bits per heavy atom. The van der Waals surface area contributed by atoms with E-state index in [0.717, 1.165) is 73.0 Å². The van der Waals surface area contributed by atoms with E-state index in [4.69, 9.17) is 0 Å². The number of nitrogens with one attached hydrogen (secondary N) is 3. The first-order valence-electron chi connectivity index (χ1n) is 15.4. The Bertz CT molecular complexity index is 1870. The first-order valence-corrected chi connectivity index (χ1v) is 15.4. The molecule has 0 radical (unpaired) electrons. The van der Waals surface area contributed by atoms with Crippen LogP contribution in [0, 0.1) is 18.7 Å². The Balaban J connectivity index is 1.47. The highest BCUT2D eigenvalue weighted by atomic mass is 19.1. The number of fused-ring (bicyclic) bond motifs is 1. The molecule has 1 fully saturated rings. The van der Waals surface area contributed by atoms with Crippen LogP contribution in [0.15, 0.2) is 97.0 Å². The SMILES string of the molecule is C=C/C(=C\C(=C/C)C(=C)/C=c1/c(-c2cc3c(-c4cc(C)cc(F)c4)ccnc3[nH]2)n[nH]/c1=C/C)NC(=C)CC1CCCCC1. The van der Waals surface area contributed by atoms with Crippen LogP contribution in [0.3, 0.4) is 0 Å². The molecule has 1 aliphatic carbocycles. The molecule has 1 saturated carbocycles. The molecule has 3 N–H and O–H groups in total. The van der Waals surface area contributed by atoms with Crippen molar-refractivity contribution in [2.45, 2.75) is 59.3 Å². The van der Waals surface area contributed by atoms with Crippen LogP contribution in [-0.4, -0.2) is 20.2 Å². The molecule has 6 heteroatoms. The molecule has 44 heavy (non-hydrogen) atoms. The third kappa shape index (κ3) is 6.91. The fraction of sp³-hybridized carbons (Fsp3) is 0.263. The highest BCUT2D eigenvalue weighted by molar-refractivity contribution is 5.96. The van der Waals surface area contributed by atoms with E-state index in [1.165, 1.54) is 38.2 Å². The maximum atomic E-state index is 14.3. The fourth-order valence-corrected chi connectivity index (χ4v) is 6.16. The zero-order chi connectivity index (χ0) is 31.2. The van der Waals surface area contributed by atoms with Gasteiger partial charge in [0.2, 0.25) is 0 Å². The summed E-state index contributed by atoms with van der Waals surface area (Å²) in [6.07, 6.45) is 19.2. The van der Waals surface area contributed by atoms with Crippen LogP contribution in [0.1, 0.15) is 57.9 Å². The van der Waals surface area contributed by atoms with E-state index in [0.29, 0.717) is 11.6 Å². The van der Waals surface area contributed by atoms with Gasteiger partial charge in [0, 0.05) is 28.2 Å². The minimum Gasteiger partial charge on any atom is -0.359 e. The maximum absolute atomic E-state index is 14.3. The Morgan fingerprint density at radius 2 is 1.91 bits per heavy atom. The second-order valence-corrected chi connectivity index (χ2v) is 11.7. The third-order valence-electron chi connectivity index (χ3n) is 8.37. The van der Waals surface area contributed by atoms with Gasteiger partial charge in [-0.3, -0.25) is 5.10 Å². The van der Waals surface area contributed by atoms with Gasteiger partial charge >= 0.3 is 0 Å². The summed E-state index contributed by atoms with van der Waals surface area (Å²) in [7, 11) is 0. The summed E-state index contributed by atoms with van der Waals surface area (Å²) >= 11 is 0. The monoisotopic (exact) mass is 587 g/mol. The lowest BCUT2D eigenvalue weighted by atomic mass is 9.86. The molecule has 4 aromatic rings. The van der Waals surface area contributed by atoms with Crippen molar-refractivity contribution in [3.63, 3.8) is 0 Å². The minimum absolute atomic E-state index is 0.260. The van der Waals surface area contributed by atoms with Gasteiger partial charge in [-0.05, 0) is 103 Å². The van der Waals surface area contributed by atoms with Crippen molar-refractivity contribution in [1.29, 1.82) is 0 Å². The topological polar surface area (TPSA) is 69.4 Å². The number of pyridine rings is 1. The number of H-pyrrole nitrogens is 2. The van der Waals surface area contributed by atoms with Gasteiger partial charge in [0.15, 0.2) is 0 Å². The van der Waals surface area contributed by atoms with Crippen LogP contribution in [0.5, 0.6) is 0 Å². The van der Waals surface area contributed by atoms with Crippen molar-refractivity contribution in [1.82, 2.24) is 25.5 Å². The lowest BCUT2D eigenvalue weighted by molar-refractivity contribution is 0.353. The molecule has 0 bridgehead atoms. The van der Waals surface area contributed by atoms with Gasteiger partial charge in [-0.1, -0.05) is 70.1 Å². The first kappa shape index (κ1) is 30.7. The molecule has 5 rings (SSSR count). The van der Waals surface area contributed by atoms with E-state index in [1.54, 1.807) is 12.3 Å². The van der Waals surface area contributed by atoms with Crippen LogP contribution in [0.4, 0.5) is 4.39 Å². The molecule has 5 nitrogen and oxygen atoms in total. The third-order valence-corrected chi connectivity index (χ3v) is 8.37. The van der Waals surface area contributed by atoms with Crippen molar-refractivity contribution in [3.8, 4) is 22.5 Å². The summed E-state index contributed by atoms with van der Waals surface area (Å²) < 4.78 is 14.3. The number of hydrogen-bond donors (Lipinski definition) is 3. The fourth-order valence-electron chi connectivity index (χ4n) is 6.16. The molecule has 0 atom stereocenters. The number of benzene rings is 1. The second kappa shape index (κ2) is 13.7. The van der Waals surface area contributed by atoms with E-state index in [1.807, 2.05) is 63.3 Å². The first-order chi connectivity index (χ1) is 21.3. The van der Waals surface area contributed by atoms with Crippen molar-refractivity contribution in [2.75, 3.05) is 0 Å². The number of aromatic nitrogens is 4. The quantitative estimate of drug-likeness (QED) is 0.164. The predicted molar refractivity (Wildman–Crippen MR) is 182 cm³/mol. The van der Waals surface area contributed by atoms with E-state index in [2.05, 4.69) is 51.3 Å². The molecule has 0 amide bonds. The second-order valence-electron chi connectivity index (χ2n) is 11.7. The molecular formula is C38H42FN5. The number of hydrogen-bond acceptors (Lipinski definition) is 3. The molecule has 1 aliphatic rings. The Hall–Kier alpha value is -4.71. The average molecular weight is 588 g/mol. The number of aromatic amines is 2. The van der Waals surface area contributed by atoms with Gasteiger partial charge in [0.25, 0.3) is 0 Å². The molecule has 0 spiro atoms. The van der Waals surface area contributed by atoms with Gasteiger partial charge in [0.1, 0.15) is 17.2 Å². The number of rotatable bonds is 10. The molecule has 1 aromatic carbocycles. The van der Waals surface area contributed by atoms with Crippen molar-refractivity contribution in [2.24, 2.45) is 5.92 Å². The molecule has 0 saturated heterocycles. The molecule has 0 aliphatic heterocycles. The standard InChI is InChI=1S/C38H42FN5/c1-7-28(22-31(8-2)41-26(6)20-27-13-11-10-12-14-27)25(5)19-34-35(9-3)43-44-37(34)36-23-33-32(15-16-40-38(33)42-36)29-17-24(4)18-30(39)21-29/h7-9,15-19,21-23,27,41,43H,2,5-6,10-14,20H2,1,3-4H3,(H,40,42)/b28-7+,31-22+,34-19+,35-9+. The number of halogens is 1. The summed E-state index contributed by atoms with van der Waals surface area (Å²) in [5.74, 6) is 0.445. The zero-order valence-electron chi connectivity index (χ0n) is 26.1. The van der Waals surface area contributed by atoms with E-state index in [-0.39, 0.29) is 5.82 Å². The summed E-state index contributed by atoms with van der Waals surface area (Å²) in [5, 5.41) is 14.0. The van der Waals surface area contributed by atoms with Gasteiger partial charge < -0.3 is 10.3 Å². The minimum atomic E-state index is -0.260. The Morgan fingerprint density at radius 3 is 2.61 bits per heavy atom. The number of allylic oxidation sites excluding steroid dienone is 6. The van der Waals surface area contributed by atoms with Crippen LogP contribution in [0.25, 0.3) is 45.7 Å². The Labute approximate surface area is 259 Å². The Kier molecular flexibility index (Phi) is 9.59. The largest absolute Gasteiger partial charge is 0.359 e. The number of aryl methyl sites for hydroxylation is 1. The van der Waals surface area contributed by atoms with E-state index in [9.17, 15) is 4.39 Å². The lowest BCUT2D eigenvalue weighted by Crippen LogP contribution is -2.23. The van der Waals surface area contributed by atoms with Crippen LogP contribution >= 0.6 is 0 Å². The van der Waals surface area contributed by atoms with Gasteiger partial charge in [-0.15, -0.1) is 0 Å². The molecule has 3 aromatic heterocycles. The molecule has 226 valence electrons. The van der Waals surface area contributed by atoms with Crippen LogP contribution < -0.4 is 15.9 Å². The van der Waals surface area contributed by atoms with Gasteiger partial charge in [-0.2, -0.15) is 5.10 Å². The average Bonchev–Trinajstić information content (AvgIpc) is 3.62. The van der Waals surface area contributed by atoms with Crippen LogP contribution in [-0.2, 0) is 0 Å². The summed E-state index contributed by atoms with van der Waals surface area (Å²) in [6.45, 7) is 18.6. The lowest BCUT2D eigenvalue weighted by Gasteiger charge is -2.23. The molecule has 0 unspecified atom stereocenters. The smallest absolute Gasteiger partial charge is 0.138 e. The molecular weight excluding hydrogens is 545 g/mol. The van der Waals surface area contributed by atoms with Gasteiger partial charge in [0.05, 0.1) is 11.0 Å².